The second kappa shape index (κ2) is 3.34. The molecule has 0 aromatic carbocycles. The van der Waals surface area contributed by atoms with Gasteiger partial charge in [0.05, 0.1) is 12.7 Å². The first-order chi connectivity index (χ1) is 6.83. The number of hydrogen-bond acceptors (Lipinski definition) is 3. The molecule has 70 valence electrons. The maximum absolute atomic E-state index is 11.6. The Morgan fingerprint density at radius 2 is 2.43 bits per heavy atom. The molecular weight excluding hydrogens is 180 g/mol. The number of hydrogen-bond donors (Lipinski definition) is 0. The lowest BCUT2D eigenvalue weighted by atomic mass is 10.4. The van der Waals surface area contributed by atoms with Gasteiger partial charge in [0.25, 0.3) is 0 Å². The van der Waals surface area contributed by atoms with Crippen LogP contribution in [0.2, 0.25) is 0 Å². The summed E-state index contributed by atoms with van der Waals surface area (Å²) >= 11 is 0. The van der Waals surface area contributed by atoms with E-state index in [1.54, 1.807) is 12.4 Å². The highest BCUT2D eigenvalue weighted by Gasteiger charge is 2.04. The van der Waals surface area contributed by atoms with Gasteiger partial charge in [0, 0.05) is 18.8 Å². The smallest absolute Gasteiger partial charge is 0.259 e. The van der Waals surface area contributed by atoms with Gasteiger partial charge < -0.3 is 0 Å². The normalized spacial score (nSPS) is 10.2. The van der Waals surface area contributed by atoms with Crippen molar-refractivity contribution < 1.29 is 0 Å². The van der Waals surface area contributed by atoms with Crippen molar-refractivity contribution in [3.8, 4) is 12.3 Å². The van der Waals surface area contributed by atoms with E-state index in [1.165, 1.54) is 15.3 Å². The number of aromatic nitrogens is 4. The molecule has 0 aliphatic rings. The van der Waals surface area contributed by atoms with Crippen molar-refractivity contribution in [1.29, 1.82) is 0 Å². The monoisotopic (exact) mass is 188 g/mol. The topological polar surface area (TPSA) is 52.2 Å². The van der Waals surface area contributed by atoms with Gasteiger partial charge in [0.15, 0.2) is 5.65 Å². The van der Waals surface area contributed by atoms with E-state index in [1.807, 2.05) is 0 Å². The summed E-state index contributed by atoms with van der Waals surface area (Å²) in [6, 6.07) is 0. The molecule has 2 heterocycles. The number of aryl methyl sites for hydroxylation is 1. The van der Waals surface area contributed by atoms with Crippen LogP contribution >= 0.6 is 0 Å². The molecule has 0 aliphatic heterocycles. The van der Waals surface area contributed by atoms with Crippen molar-refractivity contribution in [2.75, 3.05) is 0 Å². The Bertz CT molecular complexity index is 546. The predicted octanol–water partition coefficient (Wildman–Crippen LogP) is -0.0857. The van der Waals surface area contributed by atoms with Crippen molar-refractivity contribution in [2.45, 2.75) is 13.0 Å². The van der Waals surface area contributed by atoms with Gasteiger partial charge in [-0.25, -0.2) is 13.9 Å². The Morgan fingerprint density at radius 3 is 3.14 bits per heavy atom. The molecule has 0 bridgehead atoms. The first-order valence-corrected chi connectivity index (χ1v) is 4.15. The quantitative estimate of drug-likeness (QED) is 0.619. The van der Waals surface area contributed by atoms with Crippen LogP contribution in [0.3, 0.4) is 0 Å². The second-order valence-electron chi connectivity index (χ2n) is 2.76. The molecule has 0 spiro atoms. The fourth-order valence-electron chi connectivity index (χ4n) is 1.20. The van der Waals surface area contributed by atoms with Crippen LogP contribution in [0.15, 0.2) is 23.4 Å². The number of terminal acetylenes is 1. The zero-order chi connectivity index (χ0) is 9.97. The average Bonchev–Trinajstić information content (AvgIpc) is 2.54. The van der Waals surface area contributed by atoms with E-state index in [2.05, 4.69) is 16.0 Å². The van der Waals surface area contributed by atoms with E-state index in [0.717, 1.165) is 0 Å². The van der Waals surface area contributed by atoms with E-state index in [4.69, 9.17) is 6.42 Å². The summed E-state index contributed by atoms with van der Waals surface area (Å²) in [5.41, 5.74) is 0.354. The molecule has 0 N–H and O–H groups in total. The zero-order valence-electron chi connectivity index (χ0n) is 7.42. The van der Waals surface area contributed by atoms with Crippen molar-refractivity contribution in [1.82, 2.24) is 19.2 Å². The van der Waals surface area contributed by atoms with E-state index in [0.29, 0.717) is 18.6 Å². The van der Waals surface area contributed by atoms with Crippen molar-refractivity contribution in [3.63, 3.8) is 0 Å². The maximum atomic E-state index is 11.6. The number of nitrogens with zero attached hydrogens (tertiary/aromatic N) is 4. The summed E-state index contributed by atoms with van der Waals surface area (Å²) in [6.07, 6.45) is 10.3. The molecule has 0 saturated heterocycles. The minimum Gasteiger partial charge on any atom is -0.259 e. The van der Waals surface area contributed by atoms with Crippen LogP contribution in [0.4, 0.5) is 0 Å². The van der Waals surface area contributed by atoms with Crippen LogP contribution in [-0.2, 0) is 6.54 Å². The summed E-state index contributed by atoms with van der Waals surface area (Å²) in [6.45, 7) is 0.441. The number of rotatable bonds is 2. The standard InChI is InChI=1S/C9H8N4O/c1-2-3-5-13-9(14)12-6-4-10-7-8(12)11-13/h1,4,6-7H,3,5H2. The Balaban J connectivity index is 2.53. The summed E-state index contributed by atoms with van der Waals surface area (Å²) in [5, 5.41) is 4.06. The largest absolute Gasteiger partial charge is 0.350 e. The van der Waals surface area contributed by atoms with Crippen LogP contribution in [0.25, 0.3) is 5.65 Å². The first-order valence-electron chi connectivity index (χ1n) is 4.15. The van der Waals surface area contributed by atoms with Crippen molar-refractivity contribution in [2.24, 2.45) is 0 Å². The Hall–Kier alpha value is -2.09. The highest BCUT2D eigenvalue weighted by Crippen LogP contribution is 1.92. The molecule has 0 fully saturated rings. The highest BCUT2D eigenvalue weighted by molar-refractivity contribution is 5.31. The highest BCUT2D eigenvalue weighted by atomic mass is 16.2. The fourth-order valence-corrected chi connectivity index (χ4v) is 1.20. The third-order valence-electron chi connectivity index (χ3n) is 1.86. The molecule has 5 heteroatoms. The average molecular weight is 188 g/mol. The minimum absolute atomic E-state index is 0.183. The second-order valence-corrected chi connectivity index (χ2v) is 2.76. The summed E-state index contributed by atoms with van der Waals surface area (Å²) in [7, 11) is 0. The van der Waals surface area contributed by atoms with Crippen LogP contribution < -0.4 is 5.69 Å². The third kappa shape index (κ3) is 1.27. The van der Waals surface area contributed by atoms with E-state index < -0.39 is 0 Å². The zero-order valence-corrected chi connectivity index (χ0v) is 7.42. The SMILES string of the molecule is C#CCCn1nc2cnccn2c1=O. The molecular formula is C9H8N4O. The molecule has 0 amide bonds. The van der Waals surface area contributed by atoms with Gasteiger partial charge in [0.2, 0.25) is 0 Å². The molecule has 0 aliphatic carbocycles. The molecule has 0 unspecified atom stereocenters. The van der Waals surface area contributed by atoms with Crippen LogP contribution in [0.5, 0.6) is 0 Å². The fraction of sp³-hybridized carbons (Fsp3) is 0.222. The lowest BCUT2D eigenvalue weighted by molar-refractivity contribution is 0.606. The van der Waals surface area contributed by atoms with E-state index in [-0.39, 0.29) is 5.69 Å². The summed E-state index contributed by atoms with van der Waals surface area (Å²) < 4.78 is 2.78. The molecule has 2 aromatic rings. The summed E-state index contributed by atoms with van der Waals surface area (Å²) in [5.74, 6) is 2.46. The van der Waals surface area contributed by atoms with Gasteiger partial charge in [-0.3, -0.25) is 4.98 Å². The van der Waals surface area contributed by atoms with E-state index in [9.17, 15) is 4.79 Å². The van der Waals surface area contributed by atoms with Gasteiger partial charge in [-0.2, -0.15) is 0 Å². The predicted molar refractivity (Wildman–Crippen MR) is 50.7 cm³/mol. The molecule has 2 aromatic heterocycles. The van der Waals surface area contributed by atoms with E-state index >= 15 is 0 Å². The lowest BCUT2D eigenvalue weighted by Gasteiger charge is -1.90. The van der Waals surface area contributed by atoms with Gasteiger partial charge in [-0.1, -0.05) is 0 Å². The Labute approximate surface area is 80.0 Å². The van der Waals surface area contributed by atoms with Gasteiger partial charge in [-0.05, 0) is 0 Å². The molecule has 2 rings (SSSR count). The first kappa shape index (κ1) is 8.51. The van der Waals surface area contributed by atoms with Gasteiger partial charge in [-0.15, -0.1) is 17.4 Å². The lowest BCUT2D eigenvalue weighted by Crippen LogP contribution is -2.20. The van der Waals surface area contributed by atoms with Crippen LogP contribution in [0.1, 0.15) is 6.42 Å². The van der Waals surface area contributed by atoms with Gasteiger partial charge >= 0.3 is 5.69 Å². The van der Waals surface area contributed by atoms with Gasteiger partial charge in [0.1, 0.15) is 0 Å². The van der Waals surface area contributed by atoms with Crippen molar-refractivity contribution in [3.05, 3.63) is 29.1 Å². The van der Waals surface area contributed by atoms with Crippen LogP contribution in [-0.4, -0.2) is 19.2 Å². The minimum atomic E-state index is -0.183. The molecule has 14 heavy (non-hydrogen) atoms. The Morgan fingerprint density at radius 1 is 1.57 bits per heavy atom. The number of fused-ring (bicyclic) bond motifs is 1. The van der Waals surface area contributed by atoms with Crippen LogP contribution in [0, 0.1) is 12.3 Å². The maximum Gasteiger partial charge on any atom is 0.350 e. The molecule has 5 nitrogen and oxygen atoms in total. The molecule has 0 atom stereocenters. The third-order valence-corrected chi connectivity index (χ3v) is 1.86. The molecule has 0 saturated carbocycles. The molecule has 0 radical (unpaired) electrons. The van der Waals surface area contributed by atoms with Crippen molar-refractivity contribution >= 4 is 5.65 Å². The Kier molecular flexibility index (Phi) is 2.03. The summed E-state index contributed by atoms with van der Waals surface area (Å²) in [4.78, 5) is 15.5.